The van der Waals surface area contributed by atoms with Crippen molar-refractivity contribution in [2.45, 2.75) is 12.5 Å². The average molecular weight is 280 g/mol. The lowest BCUT2D eigenvalue weighted by Gasteiger charge is -2.10. The number of alkyl halides is 1. The zero-order valence-corrected chi connectivity index (χ0v) is 9.96. The van der Waals surface area contributed by atoms with Gasteiger partial charge in [0.15, 0.2) is 0 Å². The quantitative estimate of drug-likeness (QED) is 0.840. The molecule has 0 aromatic heterocycles. The highest BCUT2D eigenvalue weighted by atomic mass is 79.9. The van der Waals surface area contributed by atoms with Crippen LogP contribution in [0.1, 0.15) is 6.42 Å². The Morgan fingerprint density at radius 1 is 1.36 bits per heavy atom. The highest BCUT2D eigenvalue weighted by Crippen LogP contribution is 2.16. The van der Waals surface area contributed by atoms with Crippen LogP contribution in [0.2, 0.25) is 0 Å². The van der Waals surface area contributed by atoms with Crippen molar-refractivity contribution in [3.8, 4) is 5.75 Å². The normalized spacial score (nSPS) is 12.5. The van der Waals surface area contributed by atoms with Crippen molar-refractivity contribution in [1.82, 2.24) is 0 Å². The summed E-state index contributed by atoms with van der Waals surface area (Å²) in [6, 6.07) is 7.47. The molecule has 0 aliphatic rings. The van der Waals surface area contributed by atoms with Gasteiger partial charge in [-0.15, -0.1) is 11.6 Å². The number of halogens is 2. The molecule has 1 N–H and O–H groups in total. The average Bonchev–Trinajstić information content (AvgIpc) is 2.17. The highest BCUT2D eigenvalue weighted by molar-refractivity contribution is 9.10. The van der Waals surface area contributed by atoms with E-state index in [1.807, 2.05) is 24.3 Å². The van der Waals surface area contributed by atoms with Crippen LogP contribution in [0, 0.1) is 0 Å². The summed E-state index contributed by atoms with van der Waals surface area (Å²) in [4.78, 5) is 0. The summed E-state index contributed by atoms with van der Waals surface area (Å²) in [5, 5.41) is 9.35. The summed E-state index contributed by atoms with van der Waals surface area (Å²) >= 11 is 8.81. The molecule has 0 aliphatic heterocycles. The van der Waals surface area contributed by atoms with Gasteiger partial charge in [0.1, 0.15) is 12.4 Å². The molecule has 0 aliphatic carbocycles. The lowest BCUT2D eigenvalue weighted by atomic mass is 10.3. The van der Waals surface area contributed by atoms with Crippen molar-refractivity contribution < 1.29 is 9.84 Å². The predicted octanol–water partition coefficient (Wildman–Crippen LogP) is 2.82. The maximum Gasteiger partial charge on any atom is 0.119 e. The van der Waals surface area contributed by atoms with Gasteiger partial charge in [-0.2, -0.15) is 0 Å². The smallest absolute Gasteiger partial charge is 0.119 e. The van der Waals surface area contributed by atoms with Gasteiger partial charge in [-0.3, -0.25) is 0 Å². The van der Waals surface area contributed by atoms with Crippen LogP contribution in [-0.4, -0.2) is 23.7 Å². The molecule has 1 aromatic rings. The first-order chi connectivity index (χ1) is 6.72. The summed E-state index contributed by atoms with van der Waals surface area (Å²) in [5.41, 5.74) is 0. The molecule has 1 rings (SSSR count). The minimum atomic E-state index is -0.490. The van der Waals surface area contributed by atoms with Gasteiger partial charge >= 0.3 is 0 Å². The molecule has 0 heterocycles. The van der Waals surface area contributed by atoms with Crippen molar-refractivity contribution in [2.24, 2.45) is 0 Å². The summed E-state index contributed by atoms with van der Waals surface area (Å²) in [6.07, 6.45) is 0.0640. The molecule has 4 heteroatoms. The second kappa shape index (κ2) is 6.27. The van der Waals surface area contributed by atoms with Crippen LogP contribution in [0.15, 0.2) is 28.7 Å². The van der Waals surface area contributed by atoms with E-state index in [1.54, 1.807) is 0 Å². The Balaban J connectivity index is 2.34. The van der Waals surface area contributed by atoms with E-state index in [9.17, 15) is 5.11 Å². The van der Waals surface area contributed by atoms with Crippen LogP contribution >= 0.6 is 27.5 Å². The largest absolute Gasteiger partial charge is 0.491 e. The van der Waals surface area contributed by atoms with Gasteiger partial charge in [-0.05, 0) is 30.7 Å². The molecule has 0 amide bonds. The van der Waals surface area contributed by atoms with Crippen LogP contribution in [0.5, 0.6) is 5.75 Å². The van der Waals surface area contributed by atoms with Crippen molar-refractivity contribution in [3.05, 3.63) is 28.7 Å². The van der Waals surface area contributed by atoms with Crippen molar-refractivity contribution >= 4 is 27.5 Å². The van der Waals surface area contributed by atoms with Gasteiger partial charge in [0.25, 0.3) is 0 Å². The fraction of sp³-hybridized carbons (Fsp3) is 0.400. The van der Waals surface area contributed by atoms with Gasteiger partial charge in [0.2, 0.25) is 0 Å². The van der Waals surface area contributed by atoms with Crippen LogP contribution in [0.3, 0.4) is 0 Å². The van der Waals surface area contributed by atoms with E-state index >= 15 is 0 Å². The maximum absolute atomic E-state index is 9.35. The van der Waals surface area contributed by atoms with Crippen LogP contribution in [-0.2, 0) is 0 Å². The van der Waals surface area contributed by atoms with E-state index in [4.69, 9.17) is 16.3 Å². The third-order valence-corrected chi connectivity index (χ3v) is 2.45. The predicted molar refractivity (Wildman–Crippen MR) is 61.0 cm³/mol. The van der Waals surface area contributed by atoms with Gasteiger partial charge in [-0.25, -0.2) is 0 Å². The number of hydrogen-bond acceptors (Lipinski definition) is 2. The fourth-order valence-electron chi connectivity index (χ4n) is 0.933. The standard InChI is InChI=1S/C10H12BrClO2/c11-8-1-3-10(4-2-8)14-7-9(13)5-6-12/h1-4,9,13H,5-7H2. The molecule has 0 bridgehead atoms. The maximum atomic E-state index is 9.35. The Bertz CT molecular complexity index is 263. The van der Waals surface area contributed by atoms with Crippen molar-refractivity contribution in [2.75, 3.05) is 12.5 Å². The van der Waals surface area contributed by atoms with E-state index in [2.05, 4.69) is 15.9 Å². The third-order valence-electron chi connectivity index (χ3n) is 1.70. The molecular formula is C10H12BrClO2. The van der Waals surface area contributed by atoms with Gasteiger partial charge in [0, 0.05) is 10.4 Å². The van der Waals surface area contributed by atoms with E-state index in [0.29, 0.717) is 12.3 Å². The number of ether oxygens (including phenoxy) is 1. The SMILES string of the molecule is OC(CCCl)COc1ccc(Br)cc1. The number of rotatable bonds is 5. The molecule has 2 nitrogen and oxygen atoms in total. The molecule has 0 saturated carbocycles. The Kier molecular flexibility index (Phi) is 5.30. The van der Waals surface area contributed by atoms with Gasteiger partial charge in [-0.1, -0.05) is 15.9 Å². The Labute approximate surface area is 97.0 Å². The first-order valence-corrected chi connectivity index (χ1v) is 5.67. The molecule has 0 fully saturated rings. The third kappa shape index (κ3) is 4.31. The second-order valence-corrected chi connectivity index (χ2v) is 4.19. The van der Waals surface area contributed by atoms with E-state index in [-0.39, 0.29) is 6.61 Å². The number of hydrogen-bond donors (Lipinski definition) is 1. The van der Waals surface area contributed by atoms with Gasteiger partial charge in [0.05, 0.1) is 6.10 Å². The van der Waals surface area contributed by atoms with Crippen LogP contribution in [0.25, 0.3) is 0 Å². The number of benzene rings is 1. The summed E-state index contributed by atoms with van der Waals surface area (Å²) in [7, 11) is 0. The number of aliphatic hydroxyl groups excluding tert-OH is 1. The lowest BCUT2D eigenvalue weighted by molar-refractivity contribution is 0.105. The minimum Gasteiger partial charge on any atom is -0.491 e. The van der Waals surface area contributed by atoms with Crippen LogP contribution < -0.4 is 4.74 Å². The Morgan fingerprint density at radius 3 is 2.57 bits per heavy atom. The molecular weight excluding hydrogens is 267 g/mol. The molecule has 0 spiro atoms. The first-order valence-electron chi connectivity index (χ1n) is 4.35. The molecule has 1 atom stereocenters. The molecule has 14 heavy (non-hydrogen) atoms. The summed E-state index contributed by atoms with van der Waals surface area (Å²) < 4.78 is 6.35. The van der Waals surface area contributed by atoms with E-state index in [1.165, 1.54) is 0 Å². The summed E-state index contributed by atoms with van der Waals surface area (Å²) in [6.45, 7) is 0.286. The van der Waals surface area contributed by atoms with Crippen LogP contribution in [0.4, 0.5) is 0 Å². The van der Waals surface area contributed by atoms with E-state index < -0.39 is 6.10 Å². The van der Waals surface area contributed by atoms with Gasteiger partial charge < -0.3 is 9.84 Å². The van der Waals surface area contributed by atoms with E-state index in [0.717, 1.165) is 10.2 Å². The monoisotopic (exact) mass is 278 g/mol. The van der Waals surface area contributed by atoms with Crippen molar-refractivity contribution in [1.29, 1.82) is 0 Å². The first kappa shape index (κ1) is 11.8. The van der Waals surface area contributed by atoms with Crippen molar-refractivity contribution in [3.63, 3.8) is 0 Å². The molecule has 78 valence electrons. The lowest BCUT2D eigenvalue weighted by Crippen LogP contribution is -2.17. The molecule has 0 saturated heterocycles. The molecule has 1 aromatic carbocycles. The molecule has 0 radical (unpaired) electrons. The Hall–Kier alpha value is -0.250. The zero-order chi connectivity index (χ0) is 10.4. The zero-order valence-electron chi connectivity index (χ0n) is 7.62. The number of aliphatic hydroxyl groups is 1. The highest BCUT2D eigenvalue weighted by Gasteiger charge is 2.03. The minimum absolute atomic E-state index is 0.286. The summed E-state index contributed by atoms with van der Waals surface area (Å²) in [5.74, 6) is 1.20. The Morgan fingerprint density at radius 2 is 2.00 bits per heavy atom. The fourth-order valence-corrected chi connectivity index (χ4v) is 1.45. The molecule has 1 unspecified atom stereocenters. The second-order valence-electron chi connectivity index (χ2n) is 2.90. The topological polar surface area (TPSA) is 29.5 Å².